The Morgan fingerprint density at radius 3 is 2.55 bits per heavy atom. The van der Waals surface area contributed by atoms with Crippen molar-refractivity contribution in [2.75, 3.05) is 13.2 Å². The molecule has 0 unspecified atom stereocenters. The normalized spacial score (nSPS) is 10.7. The van der Waals surface area contributed by atoms with Crippen LogP contribution in [0, 0.1) is 0 Å². The lowest BCUT2D eigenvalue weighted by atomic mass is 10.00. The van der Waals surface area contributed by atoms with Crippen LogP contribution >= 0.6 is 0 Å². The first-order chi connectivity index (χ1) is 14.2. The van der Waals surface area contributed by atoms with E-state index in [4.69, 9.17) is 14.6 Å². The Labute approximate surface area is 169 Å². The Morgan fingerprint density at radius 1 is 1.07 bits per heavy atom. The molecule has 0 fully saturated rings. The third-order valence-electron chi connectivity index (χ3n) is 4.61. The third kappa shape index (κ3) is 5.00. The van der Waals surface area contributed by atoms with Gasteiger partial charge in [-0.05, 0) is 53.1 Å². The largest absolute Gasteiger partial charge is 0.494 e. The molecule has 0 saturated carbocycles. The molecule has 0 aliphatic heterocycles. The molecule has 0 heterocycles. The van der Waals surface area contributed by atoms with Crippen LogP contribution in [0.3, 0.4) is 0 Å². The fourth-order valence-electron chi connectivity index (χ4n) is 3.14. The number of benzene rings is 3. The van der Waals surface area contributed by atoms with Gasteiger partial charge in [-0.3, -0.25) is 4.79 Å². The van der Waals surface area contributed by atoms with E-state index in [1.54, 1.807) is 30.3 Å². The van der Waals surface area contributed by atoms with Crippen LogP contribution in [0.5, 0.6) is 11.5 Å². The summed E-state index contributed by atoms with van der Waals surface area (Å²) in [5.74, 6) is 0.304. The van der Waals surface area contributed by atoms with Gasteiger partial charge in [0.2, 0.25) is 0 Å². The van der Waals surface area contributed by atoms with Crippen molar-refractivity contribution >= 4 is 23.0 Å². The standard InChI is InChI=1S/C24H24O5/c1-2-4-17-5-11-21-19(15-17)8-12-23(22(21)16-26)29-24(27)18-6-9-20(10-7-18)28-14-3-13-25/h5-12,15-16,25H,2-4,13-14H2,1H3. The van der Waals surface area contributed by atoms with Gasteiger partial charge in [-0.1, -0.05) is 37.6 Å². The van der Waals surface area contributed by atoms with Crippen LogP contribution in [-0.4, -0.2) is 30.6 Å². The molecule has 0 aliphatic carbocycles. The number of fused-ring (bicyclic) bond motifs is 1. The van der Waals surface area contributed by atoms with Crippen molar-refractivity contribution in [3.8, 4) is 11.5 Å². The first kappa shape index (κ1) is 20.6. The summed E-state index contributed by atoms with van der Waals surface area (Å²) in [5, 5.41) is 10.5. The lowest BCUT2D eigenvalue weighted by molar-refractivity contribution is 0.0734. The Morgan fingerprint density at radius 2 is 1.86 bits per heavy atom. The van der Waals surface area contributed by atoms with Crippen molar-refractivity contribution < 1.29 is 24.2 Å². The van der Waals surface area contributed by atoms with Crippen LogP contribution < -0.4 is 9.47 Å². The molecule has 150 valence electrons. The Hall–Kier alpha value is -3.18. The summed E-state index contributed by atoms with van der Waals surface area (Å²) in [6, 6.07) is 16.0. The van der Waals surface area contributed by atoms with Gasteiger partial charge in [-0.2, -0.15) is 0 Å². The minimum absolute atomic E-state index is 0.0646. The summed E-state index contributed by atoms with van der Waals surface area (Å²) in [6.07, 6.45) is 3.29. The van der Waals surface area contributed by atoms with Crippen LogP contribution in [0.4, 0.5) is 0 Å². The summed E-state index contributed by atoms with van der Waals surface area (Å²) in [5.41, 5.74) is 1.93. The molecular formula is C24H24O5. The molecule has 0 atom stereocenters. The fraction of sp³-hybridized carbons (Fsp3) is 0.250. The molecule has 0 amide bonds. The second-order valence-electron chi connectivity index (χ2n) is 6.74. The summed E-state index contributed by atoms with van der Waals surface area (Å²) >= 11 is 0. The molecule has 29 heavy (non-hydrogen) atoms. The van der Waals surface area contributed by atoms with E-state index in [1.807, 2.05) is 18.2 Å². The average Bonchev–Trinajstić information content (AvgIpc) is 2.74. The Kier molecular flexibility index (Phi) is 6.98. The van der Waals surface area contributed by atoms with E-state index in [0.717, 1.165) is 29.9 Å². The minimum Gasteiger partial charge on any atom is -0.494 e. The zero-order chi connectivity index (χ0) is 20.6. The number of hydrogen-bond donors (Lipinski definition) is 1. The maximum absolute atomic E-state index is 12.5. The topological polar surface area (TPSA) is 72.8 Å². The van der Waals surface area contributed by atoms with Crippen molar-refractivity contribution in [1.82, 2.24) is 0 Å². The Bertz CT molecular complexity index is 992. The van der Waals surface area contributed by atoms with E-state index in [-0.39, 0.29) is 12.4 Å². The molecule has 3 aromatic carbocycles. The van der Waals surface area contributed by atoms with Gasteiger partial charge in [0.05, 0.1) is 17.7 Å². The lowest BCUT2D eigenvalue weighted by Gasteiger charge is -2.11. The van der Waals surface area contributed by atoms with Gasteiger partial charge in [-0.15, -0.1) is 0 Å². The van der Waals surface area contributed by atoms with Gasteiger partial charge in [0.15, 0.2) is 6.29 Å². The zero-order valence-corrected chi connectivity index (χ0v) is 16.4. The highest BCUT2D eigenvalue weighted by atomic mass is 16.5. The SMILES string of the molecule is CCCc1ccc2c(C=O)c(OC(=O)c3ccc(OCCCO)cc3)ccc2c1. The molecule has 1 N–H and O–H groups in total. The number of aliphatic hydroxyl groups excluding tert-OH is 1. The van der Waals surface area contributed by atoms with E-state index >= 15 is 0 Å². The van der Waals surface area contributed by atoms with Gasteiger partial charge in [0.25, 0.3) is 0 Å². The highest BCUT2D eigenvalue weighted by Crippen LogP contribution is 2.28. The lowest BCUT2D eigenvalue weighted by Crippen LogP contribution is -2.10. The predicted molar refractivity (Wildman–Crippen MR) is 112 cm³/mol. The average molecular weight is 392 g/mol. The van der Waals surface area contributed by atoms with Crippen molar-refractivity contribution in [1.29, 1.82) is 0 Å². The molecule has 0 spiro atoms. The number of carbonyl (C=O) groups excluding carboxylic acids is 2. The molecule has 3 aromatic rings. The van der Waals surface area contributed by atoms with Crippen molar-refractivity contribution in [2.45, 2.75) is 26.2 Å². The minimum atomic E-state index is -0.544. The number of aldehydes is 1. The Balaban J connectivity index is 1.79. The molecule has 0 bridgehead atoms. The summed E-state index contributed by atoms with van der Waals surface area (Å²) in [7, 11) is 0. The predicted octanol–water partition coefficient (Wildman–Crippen LogP) is 4.59. The monoisotopic (exact) mass is 392 g/mol. The van der Waals surface area contributed by atoms with E-state index in [2.05, 4.69) is 13.0 Å². The number of aliphatic hydroxyl groups is 1. The maximum Gasteiger partial charge on any atom is 0.343 e. The number of hydrogen-bond acceptors (Lipinski definition) is 5. The van der Waals surface area contributed by atoms with E-state index in [9.17, 15) is 9.59 Å². The number of rotatable bonds is 9. The molecule has 5 nitrogen and oxygen atoms in total. The molecule has 3 rings (SSSR count). The zero-order valence-electron chi connectivity index (χ0n) is 16.4. The number of esters is 1. The molecule has 0 aliphatic rings. The smallest absolute Gasteiger partial charge is 0.343 e. The molecular weight excluding hydrogens is 368 g/mol. The molecule has 5 heteroatoms. The summed E-state index contributed by atoms with van der Waals surface area (Å²) in [4.78, 5) is 24.2. The fourth-order valence-corrected chi connectivity index (χ4v) is 3.14. The highest BCUT2D eigenvalue weighted by Gasteiger charge is 2.14. The first-order valence-corrected chi connectivity index (χ1v) is 9.73. The van der Waals surface area contributed by atoms with Gasteiger partial charge < -0.3 is 14.6 Å². The molecule has 0 saturated heterocycles. The van der Waals surface area contributed by atoms with E-state index in [0.29, 0.717) is 29.9 Å². The van der Waals surface area contributed by atoms with Crippen LogP contribution in [0.25, 0.3) is 10.8 Å². The van der Waals surface area contributed by atoms with Crippen molar-refractivity contribution in [3.63, 3.8) is 0 Å². The molecule has 0 radical (unpaired) electrons. The maximum atomic E-state index is 12.5. The quantitative estimate of drug-likeness (QED) is 0.250. The van der Waals surface area contributed by atoms with Crippen LogP contribution in [-0.2, 0) is 6.42 Å². The summed E-state index contributed by atoms with van der Waals surface area (Å²) in [6.45, 7) is 2.59. The van der Waals surface area contributed by atoms with Gasteiger partial charge >= 0.3 is 5.97 Å². The van der Waals surface area contributed by atoms with Crippen LogP contribution in [0.1, 0.15) is 46.0 Å². The first-order valence-electron chi connectivity index (χ1n) is 9.73. The number of carbonyl (C=O) groups is 2. The second-order valence-corrected chi connectivity index (χ2v) is 6.74. The van der Waals surface area contributed by atoms with Crippen molar-refractivity contribution in [2.24, 2.45) is 0 Å². The summed E-state index contributed by atoms with van der Waals surface area (Å²) < 4.78 is 11.0. The van der Waals surface area contributed by atoms with Gasteiger partial charge in [-0.25, -0.2) is 4.79 Å². The third-order valence-corrected chi connectivity index (χ3v) is 4.61. The van der Waals surface area contributed by atoms with Crippen molar-refractivity contribution in [3.05, 3.63) is 71.3 Å². The van der Waals surface area contributed by atoms with Crippen LogP contribution in [0.15, 0.2) is 54.6 Å². The van der Waals surface area contributed by atoms with E-state index in [1.165, 1.54) is 5.56 Å². The second kappa shape index (κ2) is 9.85. The number of ether oxygens (including phenoxy) is 2. The van der Waals surface area contributed by atoms with E-state index < -0.39 is 5.97 Å². The van der Waals surface area contributed by atoms with Gasteiger partial charge in [0.1, 0.15) is 11.5 Å². The highest BCUT2D eigenvalue weighted by molar-refractivity contribution is 6.02. The van der Waals surface area contributed by atoms with Gasteiger partial charge in [0, 0.05) is 13.0 Å². The van der Waals surface area contributed by atoms with Crippen LogP contribution in [0.2, 0.25) is 0 Å². The number of aryl methyl sites for hydroxylation is 1. The molecule has 0 aromatic heterocycles.